The van der Waals surface area contributed by atoms with Gasteiger partial charge in [0.2, 0.25) is 5.91 Å². The molecule has 7 nitrogen and oxygen atoms in total. The summed E-state index contributed by atoms with van der Waals surface area (Å²) in [5.74, 6) is -1.16. The first-order valence-electron chi connectivity index (χ1n) is 7.91. The molecule has 3 rings (SSSR count). The summed E-state index contributed by atoms with van der Waals surface area (Å²) in [4.78, 5) is 23.0. The number of hydrogen-bond donors (Lipinski definition) is 2. The minimum absolute atomic E-state index is 0.0110. The Balaban J connectivity index is 1.64. The topological polar surface area (TPSA) is 93.5 Å². The van der Waals surface area contributed by atoms with Crippen LogP contribution in [0, 0.1) is 0 Å². The van der Waals surface area contributed by atoms with Crippen LogP contribution in [0.1, 0.15) is 35.3 Å². The van der Waals surface area contributed by atoms with Crippen LogP contribution in [0.3, 0.4) is 0 Å². The van der Waals surface area contributed by atoms with Crippen LogP contribution in [0.25, 0.3) is 5.69 Å². The number of nitrogens with one attached hydrogen (secondary N) is 1. The molecule has 0 spiro atoms. The molecule has 2 aromatic rings. The number of hydrogen-bond acceptors (Lipinski definition) is 4. The number of carbonyl (C=O) groups is 2. The van der Waals surface area contributed by atoms with E-state index in [9.17, 15) is 9.59 Å². The highest BCUT2D eigenvalue weighted by Gasteiger charge is 2.21. The third kappa shape index (κ3) is 3.80. The van der Waals surface area contributed by atoms with Crippen molar-refractivity contribution in [3.05, 3.63) is 47.8 Å². The lowest BCUT2D eigenvalue weighted by molar-refractivity contribution is -0.135. The van der Waals surface area contributed by atoms with Crippen LogP contribution >= 0.6 is 0 Å². The number of carbonyl (C=O) groups excluding carboxylic acids is 1. The molecule has 2 heterocycles. The summed E-state index contributed by atoms with van der Waals surface area (Å²) in [6.07, 6.45) is 4.02. The molecule has 0 radical (unpaired) electrons. The predicted octanol–water partition coefficient (Wildman–Crippen LogP) is 1.76. The summed E-state index contributed by atoms with van der Waals surface area (Å²) in [6, 6.07) is 8.87. The van der Waals surface area contributed by atoms with Gasteiger partial charge in [0.15, 0.2) is 5.69 Å². The smallest absolute Gasteiger partial charge is 0.356 e. The highest BCUT2D eigenvalue weighted by atomic mass is 16.5. The lowest BCUT2D eigenvalue weighted by atomic mass is 10.1. The van der Waals surface area contributed by atoms with Gasteiger partial charge in [-0.25, -0.2) is 9.48 Å². The monoisotopic (exact) mass is 329 g/mol. The summed E-state index contributed by atoms with van der Waals surface area (Å²) in [5, 5.41) is 15.8. The molecule has 1 amide bonds. The molecule has 24 heavy (non-hydrogen) atoms. The summed E-state index contributed by atoms with van der Waals surface area (Å²) in [6.45, 7) is 1.03. The number of benzene rings is 1. The molecule has 1 aromatic heterocycles. The molecular formula is C17H19N3O4. The first kappa shape index (κ1) is 16.2. The van der Waals surface area contributed by atoms with E-state index in [4.69, 9.17) is 9.84 Å². The maximum Gasteiger partial charge on any atom is 0.356 e. The average Bonchev–Trinajstić information content (AvgIpc) is 3.11. The van der Waals surface area contributed by atoms with E-state index in [1.807, 2.05) is 24.3 Å². The van der Waals surface area contributed by atoms with Crippen LogP contribution in [0.4, 0.5) is 0 Å². The molecule has 7 heteroatoms. The Kier molecular flexibility index (Phi) is 4.90. The van der Waals surface area contributed by atoms with Gasteiger partial charge in [0, 0.05) is 19.3 Å². The molecular weight excluding hydrogens is 310 g/mol. The number of aromatic carboxylic acids is 1. The van der Waals surface area contributed by atoms with Crippen molar-refractivity contribution in [2.24, 2.45) is 0 Å². The normalized spacial score (nSPS) is 17.4. The largest absolute Gasteiger partial charge is 0.476 e. The zero-order chi connectivity index (χ0) is 16.9. The maximum absolute atomic E-state index is 12.1. The molecule has 126 valence electrons. The molecule has 1 unspecified atom stereocenters. The SMILES string of the molecule is O=C(O)c1ccn(-c2cccc(CNC(=O)C3CCCCO3)c2)n1. The average molecular weight is 329 g/mol. The second-order valence-corrected chi connectivity index (χ2v) is 5.69. The number of ether oxygens (including phenoxy) is 1. The van der Waals surface area contributed by atoms with Crippen molar-refractivity contribution in [2.45, 2.75) is 31.9 Å². The van der Waals surface area contributed by atoms with E-state index in [-0.39, 0.29) is 17.7 Å². The predicted molar refractivity (Wildman–Crippen MR) is 86.0 cm³/mol. The third-order valence-electron chi connectivity index (χ3n) is 3.92. The van der Waals surface area contributed by atoms with Gasteiger partial charge >= 0.3 is 5.97 Å². The molecule has 1 atom stereocenters. The van der Waals surface area contributed by atoms with Crippen LogP contribution in [0.2, 0.25) is 0 Å². The van der Waals surface area contributed by atoms with Gasteiger partial charge in [-0.15, -0.1) is 0 Å². The summed E-state index contributed by atoms with van der Waals surface area (Å²) in [7, 11) is 0. The van der Waals surface area contributed by atoms with E-state index in [1.165, 1.54) is 10.7 Å². The van der Waals surface area contributed by atoms with Crippen molar-refractivity contribution in [3.8, 4) is 5.69 Å². The number of carboxylic acid groups (broad SMARTS) is 1. The fourth-order valence-electron chi connectivity index (χ4n) is 2.64. The first-order chi connectivity index (χ1) is 11.6. The molecule has 1 fully saturated rings. The summed E-state index contributed by atoms with van der Waals surface area (Å²) in [5.41, 5.74) is 1.63. The Morgan fingerprint density at radius 2 is 2.21 bits per heavy atom. The van der Waals surface area contributed by atoms with Crippen LogP contribution in [0.15, 0.2) is 36.5 Å². The van der Waals surface area contributed by atoms with Gasteiger partial charge in [0.1, 0.15) is 6.10 Å². The molecule has 1 aromatic carbocycles. The van der Waals surface area contributed by atoms with Crippen LogP contribution in [-0.2, 0) is 16.1 Å². The quantitative estimate of drug-likeness (QED) is 0.872. The minimum atomic E-state index is -1.07. The zero-order valence-corrected chi connectivity index (χ0v) is 13.1. The standard InChI is InChI=1S/C17H19N3O4/c21-16(15-6-1-2-9-24-15)18-11-12-4-3-5-13(10-12)20-8-7-14(19-20)17(22)23/h3-5,7-8,10,15H,1-2,6,9,11H2,(H,18,21)(H,22,23). The second-order valence-electron chi connectivity index (χ2n) is 5.69. The third-order valence-corrected chi connectivity index (χ3v) is 3.92. The van der Waals surface area contributed by atoms with Gasteiger partial charge in [0.25, 0.3) is 0 Å². The summed E-state index contributed by atoms with van der Waals surface area (Å²) >= 11 is 0. The lowest BCUT2D eigenvalue weighted by Gasteiger charge is -2.21. The van der Waals surface area contributed by atoms with E-state index >= 15 is 0 Å². The highest BCUT2D eigenvalue weighted by molar-refractivity contribution is 5.85. The number of carboxylic acids is 1. The fraction of sp³-hybridized carbons (Fsp3) is 0.353. The van der Waals surface area contributed by atoms with Crippen molar-refractivity contribution in [3.63, 3.8) is 0 Å². The van der Waals surface area contributed by atoms with Gasteiger partial charge in [-0.05, 0) is 43.0 Å². The van der Waals surface area contributed by atoms with Crippen molar-refractivity contribution in [1.82, 2.24) is 15.1 Å². The van der Waals surface area contributed by atoms with Gasteiger partial charge < -0.3 is 15.2 Å². The number of aromatic nitrogens is 2. The molecule has 0 aliphatic carbocycles. The van der Waals surface area contributed by atoms with Gasteiger partial charge in [-0.2, -0.15) is 5.10 Å². The van der Waals surface area contributed by atoms with E-state index in [0.717, 1.165) is 30.5 Å². The number of amides is 1. The fourth-order valence-corrected chi connectivity index (χ4v) is 2.64. The molecule has 1 aliphatic rings. The number of nitrogens with zero attached hydrogens (tertiary/aromatic N) is 2. The summed E-state index contributed by atoms with van der Waals surface area (Å²) < 4.78 is 6.96. The van der Waals surface area contributed by atoms with Crippen LogP contribution < -0.4 is 5.32 Å². The van der Waals surface area contributed by atoms with E-state index in [1.54, 1.807) is 6.20 Å². The first-order valence-corrected chi connectivity index (χ1v) is 7.91. The van der Waals surface area contributed by atoms with E-state index in [0.29, 0.717) is 13.2 Å². The van der Waals surface area contributed by atoms with Crippen LogP contribution in [0.5, 0.6) is 0 Å². The Hall–Kier alpha value is -2.67. The Morgan fingerprint density at radius 3 is 2.92 bits per heavy atom. The Labute approximate surface area is 139 Å². The second kappa shape index (κ2) is 7.27. The van der Waals surface area contributed by atoms with Crippen molar-refractivity contribution in [1.29, 1.82) is 0 Å². The minimum Gasteiger partial charge on any atom is -0.476 e. The molecule has 1 aliphatic heterocycles. The molecule has 2 N–H and O–H groups in total. The lowest BCUT2D eigenvalue weighted by Crippen LogP contribution is -2.37. The molecule has 0 bridgehead atoms. The van der Waals surface area contributed by atoms with Crippen molar-refractivity contribution < 1.29 is 19.4 Å². The van der Waals surface area contributed by atoms with Crippen molar-refractivity contribution >= 4 is 11.9 Å². The molecule has 1 saturated heterocycles. The van der Waals surface area contributed by atoms with Gasteiger partial charge in [-0.3, -0.25) is 4.79 Å². The van der Waals surface area contributed by atoms with Crippen molar-refractivity contribution in [2.75, 3.05) is 6.61 Å². The van der Waals surface area contributed by atoms with E-state index in [2.05, 4.69) is 10.4 Å². The van der Waals surface area contributed by atoms with Gasteiger partial charge in [0.05, 0.1) is 5.69 Å². The molecule has 0 saturated carbocycles. The Bertz CT molecular complexity index is 735. The van der Waals surface area contributed by atoms with Crippen LogP contribution in [-0.4, -0.2) is 39.5 Å². The van der Waals surface area contributed by atoms with Gasteiger partial charge in [-0.1, -0.05) is 12.1 Å². The zero-order valence-electron chi connectivity index (χ0n) is 13.1. The Morgan fingerprint density at radius 1 is 1.33 bits per heavy atom. The highest BCUT2D eigenvalue weighted by Crippen LogP contribution is 2.14. The van der Waals surface area contributed by atoms with E-state index < -0.39 is 5.97 Å². The number of rotatable bonds is 5. The maximum atomic E-state index is 12.1.